The van der Waals surface area contributed by atoms with Crippen LogP contribution in [0.2, 0.25) is 0 Å². The topological polar surface area (TPSA) is 49.4 Å². The van der Waals surface area contributed by atoms with Gasteiger partial charge in [0.1, 0.15) is 6.29 Å². The van der Waals surface area contributed by atoms with Crippen LogP contribution < -0.4 is 5.32 Å². The molecule has 1 amide bonds. The Hall–Kier alpha value is -0.900. The number of amides is 1. The Morgan fingerprint density at radius 2 is 1.95 bits per heavy atom. The van der Waals surface area contributed by atoms with Crippen LogP contribution in [0.25, 0.3) is 0 Å². The van der Waals surface area contributed by atoms with E-state index in [4.69, 9.17) is 0 Å². The summed E-state index contributed by atoms with van der Waals surface area (Å²) in [4.78, 5) is 26.3. The summed E-state index contributed by atoms with van der Waals surface area (Å²) >= 11 is 0. The van der Waals surface area contributed by atoms with Crippen molar-refractivity contribution in [3.63, 3.8) is 0 Å². The number of carbonyl (C=O) groups excluding carboxylic acids is 2. The normalized spacial score (nSPS) is 36.8. The smallest absolute Gasteiger partial charge is 0.238 e. The Morgan fingerprint density at radius 3 is 2.52 bits per heavy atom. The molecule has 1 aliphatic heterocycles. The highest BCUT2D eigenvalue weighted by Crippen LogP contribution is 2.64. The van der Waals surface area contributed by atoms with Gasteiger partial charge in [0, 0.05) is 6.54 Å². The van der Waals surface area contributed by atoms with Crippen molar-refractivity contribution in [1.82, 2.24) is 10.2 Å². The lowest BCUT2D eigenvalue weighted by Gasteiger charge is -2.31. The molecule has 0 aromatic heterocycles. The molecule has 3 aliphatic rings. The number of fused-ring (bicyclic) bond motifs is 1. The van der Waals surface area contributed by atoms with E-state index >= 15 is 0 Å². The second-order valence-electron chi connectivity index (χ2n) is 7.91. The molecule has 21 heavy (non-hydrogen) atoms. The number of piperidine rings is 1. The maximum absolute atomic E-state index is 12.7. The van der Waals surface area contributed by atoms with Crippen molar-refractivity contribution < 1.29 is 9.59 Å². The SMILES string of the molecule is CN1CC2C([C@H]1C(=O)N[C@H](C=O)C1CCCCC1)C2(C)C. The van der Waals surface area contributed by atoms with E-state index in [1.54, 1.807) is 0 Å². The maximum Gasteiger partial charge on any atom is 0.238 e. The highest BCUT2D eigenvalue weighted by molar-refractivity contribution is 5.86. The van der Waals surface area contributed by atoms with Gasteiger partial charge in [0.25, 0.3) is 0 Å². The van der Waals surface area contributed by atoms with E-state index in [9.17, 15) is 9.59 Å². The standard InChI is InChI=1S/C17H28N2O2/c1-17(2)12-9-19(3)15(14(12)17)16(21)18-13(10-20)11-7-5-4-6-8-11/h10-15H,4-9H2,1-3H3,(H,18,21)/t12?,13-,14?,15+/m1/s1. The minimum Gasteiger partial charge on any atom is -0.345 e. The third kappa shape index (κ3) is 2.52. The second kappa shape index (κ2) is 5.38. The number of hydrogen-bond acceptors (Lipinski definition) is 3. The van der Waals surface area contributed by atoms with Crippen molar-refractivity contribution in [2.75, 3.05) is 13.6 Å². The van der Waals surface area contributed by atoms with E-state index in [2.05, 4.69) is 24.1 Å². The van der Waals surface area contributed by atoms with E-state index in [1.165, 1.54) is 19.3 Å². The van der Waals surface area contributed by atoms with Crippen molar-refractivity contribution in [2.24, 2.45) is 23.2 Å². The minimum absolute atomic E-state index is 0.0453. The lowest BCUT2D eigenvalue weighted by Crippen LogP contribution is -2.51. The molecule has 0 bridgehead atoms. The van der Waals surface area contributed by atoms with Gasteiger partial charge in [-0.2, -0.15) is 0 Å². The molecule has 0 spiro atoms. The molecule has 4 nitrogen and oxygen atoms in total. The van der Waals surface area contributed by atoms with E-state index in [1.807, 2.05) is 7.05 Å². The van der Waals surface area contributed by atoms with Crippen LogP contribution in [0.4, 0.5) is 0 Å². The van der Waals surface area contributed by atoms with E-state index in [0.29, 0.717) is 17.8 Å². The van der Waals surface area contributed by atoms with Gasteiger partial charge in [-0.05, 0) is 43.1 Å². The molecule has 2 saturated carbocycles. The summed E-state index contributed by atoms with van der Waals surface area (Å²) in [5, 5.41) is 3.05. The van der Waals surface area contributed by atoms with Gasteiger partial charge in [0.15, 0.2) is 0 Å². The van der Waals surface area contributed by atoms with Gasteiger partial charge < -0.3 is 10.1 Å². The first-order chi connectivity index (χ1) is 9.96. The van der Waals surface area contributed by atoms with Crippen LogP contribution in [0.3, 0.4) is 0 Å². The molecule has 118 valence electrons. The van der Waals surface area contributed by atoms with Gasteiger partial charge in [-0.1, -0.05) is 33.1 Å². The summed E-state index contributed by atoms with van der Waals surface area (Å²) < 4.78 is 0. The lowest BCUT2D eigenvalue weighted by atomic mass is 9.84. The molecule has 4 atom stereocenters. The van der Waals surface area contributed by atoms with Gasteiger partial charge in [-0.25, -0.2) is 0 Å². The Morgan fingerprint density at radius 1 is 1.29 bits per heavy atom. The monoisotopic (exact) mass is 292 g/mol. The molecule has 1 saturated heterocycles. The summed E-state index contributed by atoms with van der Waals surface area (Å²) in [5.74, 6) is 1.51. The van der Waals surface area contributed by atoms with Gasteiger partial charge >= 0.3 is 0 Å². The fourth-order valence-electron chi connectivity index (χ4n) is 4.83. The zero-order chi connectivity index (χ0) is 15.2. The largest absolute Gasteiger partial charge is 0.345 e. The van der Waals surface area contributed by atoms with Crippen LogP contribution in [-0.2, 0) is 9.59 Å². The quantitative estimate of drug-likeness (QED) is 0.804. The summed E-state index contributed by atoms with van der Waals surface area (Å²) in [6, 6.07) is -0.330. The van der Waals surface area contributed by atoms with Crippen molar-refractivity contribution in [3.8, 4) is 0 Å². The van der Waals surface area contributed by atoms with E-state index < -0.39 is 0 Å². The van der Waals surface area contributed by atoms with Crippen molar-refractivity contribution in [1.29, 1.82) is 0 Å². The van der Waals surface area contributed by atoms with Crippen LogP contribution in [0.15, 0.2) is 0 Å². The molecule has 1 heterocycles. The molecule has 0 aromatic rings. The van der Waals surface area contributed by atoms with Crippen molar-refractivity contribution in [2.45, 2.75) is 58.0 Å². The molecule has 3 rings (SSSR count). The number of likely N-dealkylation sites (N-methyl/N-ethyl adjacent to an activating group) is 1. The zero-order valence-corrected chi connectivity index (χ0v) is 13.5. The predicted octanol–water partition coefficient (Wildman–Crippen LogP) is 1.84. The third-order valence-corrected chi connectivity index (χ3v) is 6.32. The first kappa shape index (κ1) is 15.0. The first-order valence-corrected chi connectivity index (χ1v) is 8.42. The first-order valence-electron chi connectivity index (χ1n) is 8.42. The number of nitrogens with one attached hydrogen (secondary N) is 1. The number of carbonyl (C=O) groups is 2. The Balaban J connectivity index is 1.63. The lowest BCUT2D eigenvalue weighted by molar-refractivity contribution is -0.129. The number of rotatable bonds is 4. The minimum atomic E-state index is -0.285. The molecular weight excluding hydrogens is 264 g/mol. The Bertz CT molecular complexity index is 429. The second-order valence-corrected chi connectivity index (χ2v) is 7.91. The van der Waals surface area contributed by atoms with Crippen LogP contribution in [0.1, 0.15) is 46.0 Å². The Kier molecular flexibility index (Phi) is 3.85. The van der Waals surface area contributed by atoms with Crippen LogP contribution in [0, 0.1) is 23.2 Å². The summed E-state index contributed by atoms with van der Waals surface area (Å²) in [5.41, 5.74) is 0.288. The van der Waals surface area contributed by atoms with Crippen LogP contribution in [0.5, 0.6) is 0 Å². The van der Waals surface area contributed by atoms with Gasteiger partial charge in [-0.15, -0.1) is 0 Å². The summed E-state index contributed by atoms with van der Waals surface area (Å²) in [7, 11) is 2.03. The molecule has 2 aliphatic carbocycles. The third-order valence-electron chi connectivity index (χ3n) is 6.32. The molecular formula is C17H28N2O2. The van der Waals surface area contributed by atoms with Gasteiger partial charge in [-0.3, -0.25) is 9.69 Å². The fourth-order valence-corrected chi connectivity index (χ4v) is 4.83. The van der Waals surface area contributed by atoms with Crippen molar-refractivity contribution in [3.05, 3.63) is 0 Å². The predicted molar refractivity (Wildman–Crippen MR) is 81.7 cm³/mol. The Labute approximate surface area is 127 Å². The van der Waals surface area contributed by atoms with Crippen LogP contribution in [-0.4, -0.2) is 42.8 Å². The molecule has 3 fully saturated rings. The average Bonchev–Trinajstić information content (AvgIpc) is 2.84. The summed E-state index contributed by atoms with van der Waals surface area (Å²) in [6.07, 6.45) is 6.74. The number of hydrogen-bond donors (Lipinski definition) is 1. The van der Waals surface area contributed by atoms with E-state index in [0.717, 1.165) is 25.7 Å². The summed E-state index contributed by atoms with van der Waals surface area (Å²) in [6.45, 7) is 5.52. The molecule has 0 radical (unpaired) electrons. The zero-order valence-electron chi connectivity index (χ0n) is 13.5. The highest BCUT2D eigenvalue weighted by atomic mass is 16.2. The molecule has 1 N–H and O–H groups in total. The highest BCUT2D eigenvalue weighted by Gasteiger charge is 2.67. The average molecular weight is 292 g/mol. The maximum atomic E-state index is 12.7. The van der Waals surface area contributed by atoms with E-state index in [-0.39, 0.29) is 23.4 Å². The van der Waals surface area contributed by atoms with Gasteiger partial charge in [0.05, 0.1) is 12.1 Å². The molecule has 4 heteroatoms. The van der Waals surface area contributed by atoms with Crippen LogP contribution >= 0.6 is 0 Å². The van der Waals surface area contributed by atoms with Gasteiger partial charge in [0.2, 0.25) is 5.91 Å². The fraction of sp³-hybridized carbons (Fsp3) is 0.882. The number of aldehydes is 1. The number of likely N-dealkylation sites (tertiary alicyclic amines) is 1. The molecule has 2 unspecified atom stereocenters. The molecule has 0 aromatic carbocycles. The van der Waals surface area contributed by atoms with Crippen molar-refractivity contribution >= 4 is 12.2 Å². The number of nitrogens with zero attached hydrogens (tertiary/aromatic N) is 1.